The molecule has 0 saturated heterocycles. The number of benzene rings is 2. The second-order valence-corrected chi connectivity index (χ2v) is 5.81. The first-order valence-corrected chi connectivity index (χ1v) is 7.22. The molecule has 2 aromatic rings. The Kier molecular flexibility index (Phi) is 4.73. The lowest BCUT2D eigenvalue weighted by atomic mass is 10.1. The summed E-state index contributed by atoms with van der Waals surface area (Å²) in [5, 5.41) is 0. The fourth-order valence-corrected chi connectivity index (χ4v) is 2.83. The maximum absolute atomic E-state index is 13.2. The van der Waals surface area contributed by atoms with Gasteiger partial charge in [-0.1, -0.05) is 24.4 Å². The molecule has 0 radical (unpaired) electrons. The van der Waals surface area contributed by atoms with Crippen LogP contribution < -0.4 is 10.6 Å². The largest absolute Gasteiger partial charge is 0.389 e. The molecule has 20 heavy (non-hydrogen) atoms. The van der Waals surface area contributed by atoms with Gasteiger partial charge in [0.05, 0.1) is 0 Å². The summed E-state index contributed by atoms with van der Waals surface area (Å²) >= 11 is 8.43. The van der Waals surface area contributed by atoms with Crippen molar-refractivity contribution in [2.24, 2.45) is 5.73 Å². The number of halogens is 2. The Balaban J connectivity index is 2.19. The quantitative estimate of drug-likeness (QED) is 0.847. The topological polar surface area (TPSA) is 29.3 Å². The Morgan fingerprint density at radius 1 is 1.30 bits per heavy atom. The highest BCUT2D eigenvalue weighted by Gasteiger charge is 2.08. The van der Waals surface area contributed by atoms with E-state index in [-0.39, 0.29) is 5.82 Å². The van der Waals surface area contributed by atoms with Crippen LogP contribution in [0, 0.1) is 5.82 Å². The molecule has 0 bridgehead atoms. The maximum Gasteiger partial charge on any atom is 0.123 e. The molecule has 0 unspecified atom stereocenters. The first-order chi connectivity index (χ1) is 9.47. The molecular formula is C15H14BrFN2S. The van der Waals surface area contributed by atoms with Crippen LogP contribution in [0.15, 0.2) is 46.9 Å². The van der Waals surface area contributed by atoms with Gasteiger partial charge in [-0.15, -0.1) is 0 Å². The molecule has 2 nitrogen and oxygen atoms in total. The lowest BCUT2D eigenvalue weighted by Crippen LogP contribution is -2.17. The average molecular weight is 353 g/mol. The van der Waals surface area contributed by atoms with Gasteiger partial charge in [-0.25, -0.2) is 4.39 Å². The van der Waals surface area contributed by atoms with Crippen molar-refractivity contribution in [1.82, 2.24) is 0 Å². The molecule has 0 heterocycles. The van der Waals surface area contributed by atoms with Crippen LogP contribution in [0.3, 0.4) is 0 Å². The Labute approximate surface area is 131 Å². The van der Waals surface area contributed by atoms with Crippen LogP contribution in [0.2, 0.25) is 0 Å². The summed E-state index contributed by atoms with van der Waals surface area (Å²) in [5.41, 5.74) is 8.35. The van der Waals surface area contributed by atoms with E-state index in [0.717, 1.165) is 21.3 Å². The SMILES string of the molecule is CN(Cc1cccc(F)c1)c1ccc(C(N)=S)c(Br)c1. The minimum Gasteiger partial charge on any atom is -0.389 e. The van der Waals surface area contributed by atoms with E-state index < -0.39 is 0 Å². The van der Waals surface area contributed by atoms with E-state index in [1.54, 1.807) is 6.07 Å². The smallest absolute Gasteiger partial charge is 0.123 e. The van der Waals surface area contributed by atoms with Gasteiger partial charge in [0.15, 0.2) is 0 Å². The summed E-state index contributed by atoms with van der Waals surface area (Å²) in [5.74, 6) is -0.221. The molecule has 104 valence electrons. The van der Waals surface area contributed by atoms with Crippen molar-refractivity contribution in [2.45, 2.75) is 6.54 Å². The van der Waals surface area contributed by atoms with Gasteiger partial charge in [-0.2, -0.15) is 0 Å². The molecular weight excluding hydrogens is 339 g/mol. The molecule has 0 amide bonds. The van der Waals surface area contributed by atoms with E-state index in [4.69, 9.17) is 18.0 Å². The van der Waals surface area contributed by atoms with E-state index in [1.165, 1.54) is 12.1 Å². The summed E-state index contributed by atoms with van der Waals surface area (Å²) in [6.45, 7) is 0.622. The van der Waals surface area contributed by atoms with Crippen molar-refractivity contribution in [3.05, 3.63) is 63.9 Å². The number of anilines is 1. The number of thiocarbonyl (C=S) groups is 1. The second kappa shape index (κ2) is 6.33. The lowest BCUT2D eigenvalue weighted by Gasteiger charge is -2.20. The third kappa shape index (κ3) is 3.55. The van der Waals surface area contributed by atoms with Gasteiger partial charge >= 0.3 is 0 Å². The first-order valence-electron chi connectivity index (χ1n) is 6.02. The van der Waals surface area contributed by atoms with E-state index in [0.29, 0.717) is 11.5 Å². The molecule has 2 N–H and O–H groups in total. The number of hydrogen-bond donors (Lipinski definition) is 1. The van der Waals surface area contributed by atoms with Gasteiger partial charge in [-0.3, -0.25) is 0 Å². The van der Waals surface area contributed by atoms with Crippen molar-refractivity contribution < 1.29 is 4.39 Å². The Morgan fingerprint density at radius 3 is 2.65 bits per heavy atom. The highest BCUT2D eigenvalue weighted by atomic mass is 79.9. The van der Waals surface area contributed by atoms with Gasteiger partial charge in [0, 0.05) is 29.3 Å². The van der Waals surface area contributed by atoms with Gasteiger partial charge < -0.3 is 10.6 Å². The van der Waals surface area contributed by atoms with Gasteiger partial charge in [0.1, 0.15) is 10.8 Å². The van der Waals surface area contributed by atoms with Crippen LogP contribution in [0.1, 0.15) is 11.1 Å². The fraction of sp³-hybridized carbons (Fsp3) is 0.133. The first kappa shape index (κ1) is 14.9. The van der Waals surface area contributed by atoms with Gasteiger partial charge in [0.2, 0.25) is 0 Å². The molecule has 0 aromatic heterocycles. The highest BCUT2D eigenvalue weighted by Crippen LogP contribution is 2.24. The fourth-order valence-electron chi connectivity index (χ4n) is 1.94. The summed E-state index contributed by atoms with van der Waals surface area (Å²) in [7, 11) is 1.95. The Morgan fingerprint density at radius 2 is 2.05 bits per heavy atom. The molecule has 0 fully saturated rings. The standard InChI is InChI=1S/C15H14BrFN2S/c1-19(9-10-3-2-4-11(17)7-10)12-5-6-13(15(18)20)14(16)8-12/h2-8H,9H2,1H3,(H2,18,20). The molecule has 2 aromatic carbocycles. The molecule has 0 aliphatic carbocycles. The molecule has 2 rings (SSSR count). The van der Waals surface area contributed by atoms with Crippen molar-refractivity contribution in [3.63, 3.8) is 0 Å². The zero-order valence-corrected chi connectivity index (χ0v) is 13.3. The van der Waals surface area contributed by atoms with Crippen molar-refractivity contribution in [2.75, 3.05) is 11.9 Å². The maximum atomic E-state index is 13.2. The summed E-state index contributed by atoms with van der Waals surface area (Å²) in [4.78, 5) is 2.39. The number of rotatable bonds is 4. The minimum absolute atomic E-state index is 0.221. The van der Waals surface area contributed by atoms with Crippen LogP contribution in [-0.4, -0.2) is 12.0 Å². The normalized spacial score (nSPS) is 10.3. The van der Waals surface area contributed by atoms with E-state index in [9.17, 15) is 4.39 Å². The number of hydrogen-bond acceptors (Lipinski definition) is 2. The monoisotopic (exact) mass is 352 g/mol. The summed E-state index contributed by atoms with van der Waals surface area (Å²) < 4.78 is 14.0. The molecule has 0 spiro atoms. The lowest BCUT2D eigenvalue weighted by molar-refractivity contribution is 0.625. The predicted molar refractivity (Wildman–Crippen MR) is 88.5 cm³/mol. The third-order valence-corrected chi connectivity index (χ3v) is 3.84. The number of nitrogens with two attached hydrogens (primary N) is 1. The predicted octanol–water partition coefficient (Wildman–Crippen LogP) is 3.86. The van der Waals surface area contributed by atoms with Crippen molar-refractivity contribution in [1.29, 1.82) is 0 Å². The Bertz CT molecular complexity index is 646. The molecule has 0 aliphatic rings. The molecule has 0 saturated carbocycles. The van der Waals surface area contributed by atoms with Crippen LogP contribution >= 0.6 is 28.1 Å². The van der Waals surface area contributed by atoms with Crippen molar-refractivity contribution in [3.8, 4) is 0 Å². The van der Waals surface area contributed by atoms with Crippen LogP contribution in [-0.2, 0) is 6.54 Å². The van der Waals surface area contributed by atoms with Crippen LogP contribution in [0.5, 0.6) is 0 Å². The zero-order chi connectivity index (χ0) is 14.7. The van der Waals surface area contributed by atoms with Gasteiger partial charge in [0.25, 0.3) is 0 Å². The second-order valence-electron chi connectivity index (χ2n) is 4.51. The Hall–Kier alpha value is -1.46. The summed E-state index contributed by atoms with van der Waals surface area (Å²) in [6, 6.07) is 12.4. The van der Waals surface area contributed by atoms with Crippen LogP contribution in [0.25, 0.3) is 0 Å². The van der Waals surface area contributed by atoms with Crippen LogP contribution in [0.4, 0.5) is 10.1 Å². The molecule has 5 heteroatoms. The summed E-state index contributed by atoms with van der Waals surface area (Å²) in [6.07, 6.45) is 0. The average Bonchev–Trinajstić information content (AvgIpc) is 2.38. The van der Waals surface area contributed by atoms with E-state index in [2.05, 4.69) is 15.9 Å². The van der Waals surface area contributed by atoms with Gasteiger partial charge in [-0.05, 0) is 51.8 Å². The van der Waals surface area contributed by atoms with E-state index >= 15 is 0 Å². The molecule has 0 atom stereocenters. The third-order valence-electron chi connectivity index (χ3n) is 2.97. The molecule has 0 aliphatic heterocycles. The minimum atomic E-state index is -0.221. The van der Waals surface area contributed by atoms with E-state index in [1.807, 2.05) is 36.2 Å². The zero-order valence-electron chi connectivity index (χ0n) is 10.9. The van der Waals surface area contributed by atoms with Crippen molar-refractivity contribution >= 4 is 38.8 Å². The highest BCUT2D eigenvalue weighted by molar-refractivity contribution is 9.10. The number of nitrogens with zero attached hydrogens (tertiary/aromatic N) is 1.